The highest BCUT2D eigenvalue weighted by Crippen LogP contribution is 2.32. The highest BCUT2D eigenvalue weighted by molar-refractivity contribution is 5.94. The summed E-state index contributed by atoms with van der Waals surface area (Å²) >= 11 is 0. The molecule has 3 aromatic heterocycles. The van der Waals surface area contributed by atoms with Crippen molar-refractivity contribution in [2.75, 3.05) is 24.5 Å². The average molecular weight is 421 g/mol. The number of hydrogen-bond acceptors (Lipinski definition) is 5. The van der Waals surface area contributed by atoms with E-state index >= 15 is 0 Å². The van der Waals surface area contributed by atoms with Gasteiger partial charge in [0.05, 0.1) is 5.56 Å². The summed E-state index contributed by atoms with van der Waals surface area (Å²) < 4.78 is 3.02. The van der Waals surface area contributed by atoms with Gasteiger partial charge in [0.15, 0.2) is 5.65 Å². The fourth-order valence-electron chi connectivity index (χ4n) is 4.77. The summed E-state index contributed by atoms with van der Waals surface area (Å²) in [4.78, 5) is 34.2. The fourth-order valence-corrected chi connectivity index (χ4v) is 4.77. The van der Waals surface area contributed by atoms with Crippen molar-refractivity contribution in [2.24, 2.45) is 5.92 Å². The molecule has 1 amide bonds. The van der Waals surface area contributed by atoms with E-state index in [1.807, 2.05) is 30.0 Å². The lowest BCUT2D eigenvalue weighted by Gasteiger charge is -2.32. The third kappa shape index (κ3) is 3.49. The molecule has 0 aromatic carbocycles. The van der Waals surface area contributed by atoms with Gasteiger partial charge in [-0.3, -0.25) is 9.20 Å². The lowest BCUT2D eigenvalue weighted by Crippen LogP contribution is -2.39. The number of aromatic nitrogens is 4. The molecule has 0 N–H and O–H groups in total. The van der Waals surface area contributed by atoms with Gasteiger partial charge in [0.2, 0.25) is 0 Å². The largest absolute Gasteiger partial charge is 0.350 e. The molecule has 8 heteroatoms. The monoisotopic (exact) mass is 420 g/mol. The van der Waals surface area contributed by atoms with Gasteiger partial charge in [0.1, 0.15) is 5.82 Å². The molecule has 0 bridgehead atoms. The number of aryl methyl sites for hydroxylation is 2. The number of anilines is 2. The van der Waals surface area contributed by atoms with E-state index in [4.69, 9.17) is 4.98 Å². The molecule has 0 radical (unpaired) electrons. The second kappa shape index (κ2) is 7.83. The van der Waals surface area contributed by atoms with Crippen LogP contribution in [0.2, 0.25) is 0 Å². The maximum Gasteiger partial charge on any atom is 0.350 e. The zero-order valence-corrected chi connectivity index (χ0v) is 18.1. The van der Waals surface area contributed by atoms with Gasteiger partial charge < -0.3 is 9.80 Å². The number of pyridine rings is 2. The number of fused-ring (bicyclic) bond motifs is 2. The first kappa shape index (κ1) is 19.8. The Kier molecular flexibility index (Phi) is 5.00. The normalized spacial score (nSPS) is 19.0. The molecule has 2 aliphatic heterocycles. The van der Waals surface area contributed by atoms with Crippen LogP contribution in [0.15, 0.2) is 35.4 Å². The van der Waals surface area contributed by atoms with E-state index < -0.39 is 0 Å². The van der Waals surface area contributed by atoms with E-state index in [2.05, 4.69) is 16.9 Å². The highest BCUT2D eigenvalue weighted by atomic mass is 16.2. The molecular weight excluding hydrogens is 392 g/mol. The summed E-state index contributed by atoms with van der Waals surface area (Å²) in [5, 5.41) is 4.41. The highest BCUT2D eigenvalue weighted by Gasteiger charge is 2.25. The lowest BCUT2D eigenvalue weighted by molar-refractivity contribution is 0.0682. The zero-order valence-electron chi connectivity index (χ0n) is 18.1. The van der Waals surface area contributed by atoms with E-state index in [0.717, 1.165) is 56.0 Å². The van der Waals surface area contributed by atoms with Gasteiger partial charge in [-0.25, -0.2) is 14.5 Å². The van der Waals surface area contributed by atoms with Gasteiger partial charge in [-0.05, 0) is 56.2 Å². The number of rotatable bonds is 3. The van der Waals surface area contributed by atoms with Gasteiger partial charge in [-0.2, -0.15) is 0 Å². The minimum Gasteiger partial charge on any atom is -0.338 e. The Hall–Kier alpha value is -3.16. The van der Waals surface area contributed by atoms with Crippen LogP contribution in [0.5, 0.6) is 0 Å². The molecule has 0 unspecified atom stereocenters. The number of amides is 1. The smallest absolute Gasteiger partial charge is 0.338 e. The summed E-state index contributed by atoms with van der Waals surface area (Å²) in [6, 6.07) is 5.88. The number of likely N-dealkylation sites (tertiary alicyclic amines) is 1. The molecule has 5 heterocycles. The number of piperidine rings is 1. The van der Waals surface area contributed by atoms with Gasteiger partial charge in [-0.15, -0.1) is 5.10 Å². The lowest BCUT2D eigenvalue weighted by atomic mass is 9.99. The minimum atomic E-state index is -0.128. The summed E-state index contributed by atoms with van der Waals surface area (Å²) in [6.07, 6.45) is 7.63. The number of carbonyl (C=O) groups excluding carboxylic acids is 1. The second-order valence-electron chi connectivity index (χ2n) is 8.67. The minimum absolute atomic E-state index is 0.0878. The van der Waals surface area contributed by atoms with Crippen LogP contribution in [0.3, 0.4) is 0 Å². The first-order valence-corrected chi connectivity index (χ1v) is 11.2. The maximum atomic E-state index is 13.0. The van der Waals surface area contributed by atoms with E-state index in [1.165, 1.54) is 11.1 Å². The first-order chi connectivity index (χ1) is 15.0. The van der Waals surface area contributed by atoms with Crippen LogP contribution in [0.4, 0.5) is 11.5 Å². The summed E-state index contributed by atoms with van der Waals surface area (Å²) in [6.45, 7) is 7.14. The van der Waals surface area contributed by atoms with Gasteiger partial charge in [0.25, 0.3) is 5.91 Å². The Morgan fingerprint density at radius 2 is 2.10 bits per heavy atom. The van der Waals surface area contributed by atoms with E-state index in [0.29, 0.717) is 23.7 Å². The molecule has 162 valence electrons. The van der Waals surface area contributed by atoms with Crippen molar-refractivity contribution < 1.29 is 4.79 Å². The number of nitrogens with zero attached hydrogens (tertiary/aromatic N) is 6. The van der Waals surface area contributed by atoms with Crippen LogP contribution in [-0.2, 0) is 13.0 Å². The Bertz CT molecular complexity index is 1200. The topological polar surface area (TPSA) is 75.7 Å². The SMILES string of the molecule is CCn1nc2cc(N3CCCc4cc(C(=O)N5CCC[C@H](C)C5)cnc43)ccn2c1=O. The standard InChI is InChI=1S/C23H28N6O2/c1-3-29-23(31)28-11-8-19(13-20(28)25-29)27-10-5-7-17-12-18(14-24-21(17)27)22(30)26-9-4-6-16(2)15-26/h8,11-14,16H,3-7,9-10,15H2,1-2H3/t16-/m0/s1. The van der Waals surface area contributed by atoms with Crippen molar-refractivity contribution in [3.63, 3.8) is 0 Å². The molecule has 31 heavy (non-hydrogen) atoms. The van der Waals surface area contributed by atoms with E-state index in [9.17, 15) is 9.59 Å². The van der Waals surface area contributed by atoms with Crippen LogP contribution in [0, 0.1) is 5.92 Å². The van der Waals surface area contributed by atoms with Crippen LogP contribution >= 0.6 is 0 Å². The Labute approximate surface area is 181 Å². The predicted octanol–water partition coefficient (Wildman–Crippen LogP) is 2.87. The Morgan fingerprint density at radius 1 is 1.23 bits per heavy atom. The van der Waals surface area contributed by atoms with E-state index in [-0.39, 0.29) is 11.6 Å². The first-order valence-electron chi connectivity index (χ1n) is 11.2. The maximum absolute atomic E-state index is 13.0. The van der Waals surface area contributed by atoms with Gasteiger partial charge in [-0.1, -0.05) is 6.92 Å². The number of carbonyl (C=O) groups is 1. The van der Waals surface area contributed by atoms with Gasteiger partial charge in [0, 0.05) is 50.3 Å². The summed E-state index contributed by atoms with van der Waals surface area (Å²) in [5.41, 5.74) is 3.23. The molecule has 2 aliphatic rings. The molecule has 0 aliphatic carbocycles. The third-order valence-corrected chi connectivity index (χ3v) is 6.40. The molecule has 0 spiro atoms. The molecule has 1 fully saturated rings. The van der Waals surface area contributed by atoms with Crippen molar-refractivity contribution in [1.82, 2.24) is 24.1 Å². The molecule has 8 nitrogen and oxygen atoms in total. The second-order valence-corrected chi connectivity index (χ2v) is 8.67. The van der Waals surface area contributed by atoms with Crippen LogP contribution < -0.4 is 10.6 Å². The summed E-state index contributed by atoms with van der Waals surface area (Å²) in [7, 11) is 0. The predicted molar refractivity (Wildman–Crippen MR) is 119 cm³/mol. The number of hydrogen-bond donors (Lipinski definition) is 0. The zero-order chi connectivity index (χ0) is 21.5. The van der Waals surface area contributed by atoms with Crippen LogP contribution in [-0.4, -0.2) is 49.6 Å². The fraction of sp³-hybridized carbons (Fsp3) is 0.478. The van der Waals surface area contributed by atoms with Crippen molar-refractivity contribution in [2.45, 2.75) is 46.1 Å². The van der Waals surface area contributed by atoms with Gasteiger partial charge >= 0.3 is 5.69 Å². The van der Waals surface area contributed by atoms with Crippen molar-refractivity contribution >= 4 is 23.1 Å². The molecule has 3 aromatic rings. The Balaban J connectivity index is 1.46. The summed E-state index contributed by atoms with van der Waals surface area (Å²) in [5.74, 6) is 1.53. The van der Waals surface area contributed by atoms with Crippen LogP contribution in [0.25, 0.3) is 5.65 Å². The Morgan fingerprint density at radius 3 is 2.90 bits per heavy atom. The molecule has 5 rings (SSSR count). The molecule has 1 atom stereocenters. The average Bonchev–Trinajstić information content (AvgIpc) is 3.12. The quantitative estimate of drug-likeness (QED) is 0.651. The molecule has 1 saturated heterocycles. The van der Waals surface area contributed by atoms with Crippen molar-refractivity contribution in [3.05, 3.63) is 52.2 Å². The van der Waals surface area contributed by atoms with Crippen molar-refractivity contribution in [1.29, 1.82) is 0 Å². The van der Waals surface area contributed by atoms with E-state index in [1.54, 1.807) is 16.8 Å². The molecular formula is C23H28N6O2. The molecule has 0 saturated carbocycles. The van der Waals surface area contributed by atoms with Crippen LogP contribution in [0.1, 0.15) is 49.0 Å². The third-order valence-electron chi connectivity index (χ3n) is 6.40. The van der Waals surface area contributed by atoms with Crippen molar-refractivity contribution in [3.8, 4) is 0 Å².